The molecule has 1 amide bonds. The van der Waals surface area contributed by atoms with Crippen LogP contribution in [0.4, 0.5) is 0 Å². The number of hydrogen-bond donors (Lipinski definition) is 2. The van der Waals surface area contributed by atoms with Crippen molar-refractivity contribution in [2.24, 2.45) is 0 Å². The molecule has 0 unspecified atom stereocenters. The van der Waals surface area contributed by atoms with Crippen molar-refractivity contribution in [2.45, 2.75) is 31.8 Å². The summed E-state index contributed by atoms with van der Waals surface area (Å²) in [5, 5.41) is 4.63. The van der Waals surface area contributed by atoms with E-state index in [0.717, 1.165) is 19.4 Å². The van der Waals surface area contributed by atoms with E-state index in [-0.39, 0.29) is 11.9 Å². The number of esters is 1. The van der Waals surface area contributed by atoms with Crippen LogP contribution in [-0.4, -0.2) is 37.6 Å². The van der Waals surface area contributed by atoms with Gasteiger partial charge in [0.05, 0.1) is 13.7 Å². The Hall–Kier alpha value is -1.10. The van der Waals surface area contributed by atoms with Crippen LogP contribution in [0.3, 0.4) is 0 Å². The number of nitrogens with one attached hydrogen (secondary N) is 1. The molecule has 1 fully saturated rings. The predicted octanol–water partition coefficient (Wildman–Crippen LogP) is -1.61. The van der Waals surface area contributed by atoms with Crippen LogP contribution in [0.15, 0.2) is 0 Å². The number of amides is 1. The topological polar surface area (TPSA) is 72.0 Å². The van der Waals surface area contributed by atoms with E-state index < -0.39 is 12.0 Å². The van der Waals surface area contributed by atoms with E-state index in [1.165, 1.54) is 7.11 Å². The fourth-order valence-corrected chi connectivity index (χ4v) is 1.57. The summed E-state index contributed by atoms with van der Waals surface area (Å²) < 4.78 is 4.51. The lowest BCUT2D eigenvalue weighted by atomic mass is 10.2. The average molecular weight is 201 g/mol. The number of carbonyl (C=O) groups excluding carboxylic acids is 2. The Labute approximate surface area is 83.2 Å². The quantitative estimate of drug-likeness (QED) is 0.540. The van der Waals surface area contributed by atoms with E-state index in [4.69, 9.17) is 0 Å². The summed E-state index contributed by atoms with van der Waals surface area (Å²) in [5.74, 6) is -0.475. The molecule has 14 heavy (non-hydrogen) atoms. The highest BCUT2D eigenvalue weighted by molar-refractivity contribution is 5.86. The largest absolute Gasteiger partial charge is 0.467 e. The van der Waals surface area contributed by atoms with Crippen LogP contribution in [0.25, 0.3) is 0 Å². The molecule has 0 spiro atoms. The van der Waals surface area contributed by atoms with Gasteiger partial charge in [0.25, 0.3) is 5.91 Å². The highest BCUT2D eigenvalue weighted by atomic mass is 16.5. The highest BCUT2D eigenvalue weighted by Gasteiger charge is 2.28. The first kappa shape index (κ1) is 11.0. The Kier molecular flexibility index (Phi) is 3.88. The number of methoxy groups -OCH3 is 1. The van der Waals surface area contributed by atoms with Crippen LogP contribution in [0, 0.1) is 0 Å². The summed E-state index contributed by atoms with van der Waals surface area (Å²) in [6.07, 6.45) is 1.95. The Morgan fingerprint density at radius 3 is 2.79 bits per heavy atom. The molecule has 80 valence electrons. The summed E-state index contributed by atoms with van der Waals surface area (Å²) in [7, 11) is 1.31. The van der Waals surface area contributed by atoms with Crippen molar-refractivity contribution < 1.29 is 19.6 Å². The van der Waals surface area contributed by atoms with Crippen LogP contribution in [-0.2, 0) is 14.3 Å². The molecule has 0 aromatic heterocycles. The van der Waals surface area contributed by atoms with Gasteiger partial charge in [-0.2, -0.15) is 0 Å². The van der Waals surface area contributed by atoms with Crippen LogP contribution >= 0.6 is 0 Å². The molecule has 2 atom stereocenters. The van der Waals surface area contributed by atoms with E-state index in [1.54, 1.807) is 6.92 Å². The minimum atomic E-state index is -0.554. The van der Waals surface area contributed by atoms with Gasteiger partial charge in [0, 0.05) is 12.8 Å². The molecule has 0 radical (unpaired) electrons. The number of rotatable bonds is 3. The van der Waals surface area contributed by atoms with Gasteiger partial charge in [-0.3, -0.25) is 4.79 Å². The highest BCUT2D eigenvalue weighted by Crippen LogP contribution is 1.98. The van der Waals surface area contributed by atoms with Crippen LogP contribution in [0.5, 0.6) is 0 Å². The third kappa shape index (κ3) is 2.70. The average Bonchev–Trinajstić information content (AvgIpc) is 2.69. The summed E-state index contributed by atoms with van der Waals surface area (Å²) in [6.45, 7) is 2.61. The lowest BCUT2D eigenvalue weighted by Crippen LogP contribution is -2.89. The van der Waals surface area contributed by atoms with E-state index in [1.807, 2.05) is 5.32 Å². The Morgan fingerprint density at radius 2 is 2.29 bits per heavy atom. The number of quaternary nitrogens is 1. The third-order valence-electron chi connectivity index (χ3n) is 2.42. The zero-order valence-electron chi connectivity index (χ0n) is 8.58. The molecular weight excluding hydrogens is 184 g/mol. The predicted molar refractivity (Wildman–Crippen MR) is 49.4 cm³/mol. The van der Waals surface area contributed by atoms with E-state index >= 15 is 0 Å². The number of hydrogen-bond acceptors (Lipinski definition) is 3. The molecule has 0 saturated carbocycles. The van der Waals surface area contributed by atoms with Gasteiger partial charge in [-0.25, -0.2) is 4.79 Å². The van der Waals surface area contributed by atoms with Gasteiger partial charge in [-0.1, -0.05) is 0 Å². The first-order valence-corrected chi connectivity index (χ1v) is 4.86. The maximum absolute atomic E-state index is 11.5. The summed E-state index contributed by atoms with van der Waals surface area (Å²) in [6, 6.07) is -0.580. The van der Waals surface area contributed by atoms with Gasteiger partial charge in [-0.05, 0) is 6.92 Å². The maximum Gasteiger partial charge on any atom is 0.328 e. The molecule has 1 rings (SSSR count). The van der Waals surface area contributed by atoms with Gasteiger partial charge in [0.2, 0.25) is 0 Å². The Balaban J connectivity index is 2.35. The van der Waals surface area contributed by atoms with Gasteiger partial charge in [0.1, 0.15) is 6.04 Å². The standard InChI is InChI=1S/C9H16N2O3/c1-6(9(13)14-2)11-8(12)7-4-3-5-10-7/h6-7,10H,3-5H2,1-2H3,(H,11,12)/p+1/t6-,7-/m0/s1. The molecule has 0 aromatic rings. The second-order valence-corrected chi connectivity index (χ2v) is 3.53. The zero-order chi connectivity index (χ0) is 10.6. The third-order valence-corrected chi connectivity index (χ3v) is 2.42. The monoisotopic (exact) mass is 201 g/mol. The van der Waals surface area contributed by atoms with Crippen molar-refractivity contribution in [3.8, 4) is 0 Å². The first-order chi connectivity index (χ1) is 6.65. The molecule has 5 nitrogen and oxygen atoms in total. The zero-order valence-corrected chi connectivity index (χ0v) is 8.58. The molecule has 1 heterocycles. The Morgan fingerprint density at radius 1 is 1.57 bits per heavy atom. The molecule has 0 aromatic carbocycles. The molecule has 0 aliphatic carbocycles. The van der Waals surface area contributed by atoms with Crippen molar-refractivity contribution in [1.29, 1.82) is 0 Å². The van der Waals surface area contributed by atoms with E-state index in [9.17, 15) is 9.59 Å². The molecule has 1 aliphatic rings. The van der Waals surface area contributed by atoms with Crippen molar-refractivity contribution in [3.05, 3.63) is 0 Å². The normalized spacial score (nSPS) is 22.9. The van der Waals surface area contributed by atoms with Crippen LogP contribution in [0.1, 0.15) is 19.8 Å². The van der Waals surface area contributed by atoms with Crippen LogP contribution in [0.2, 0.25) is 0 Å². The van der Waals surface area contributed by atoms with Crippen molar-refractivity contribution in [1.82, 2.24) is 5.32 Å². The van der Waals surface area contributed by atoms with Crippen molar-refractivity contribution in [3.63, 3.8) is 0 Å². The molecule has 5 heteroatoms. The van der Waals surface area contributed by atoms with Gasteiger partial charge >= 0.3 is 5.97 Å². The second kappa shape index (κ2) is 4.95. The van der Waals surface area contributed by atoms with Crippen LogP contribution < -0.4 is 10.6 Å². The number of nitrogens with two attached hydrogens (primary N) is 1. The number of carbonyl (C=O) groups is 2. The van der Waals surface area contributed by atoms with Crippen molar-refractivity contribution in [2.75, 3.05) is 13.7 Å². The minimum Gasteiger partial charge on any atom is -0.467 e. The summed E-state index contributed by atoms with van der Waals surface area (Å²) >= 11 is 0. The second-order valence-electron chi connectivity index (χ2n) is 3.53. The fraction of sp³-hybridized carbons (Fsp3) is 0.778. The summed E-state index contributed by atoms with van der Waals surface area (Å²) in [4.78, 5) is 22.5. The minimum absolute atomic E-state index is 0.0258. The molecule has 1 saturated heterocycles. The van der Waals surface area contributed by atoms with E-state index in [2.05, 4.69) is 10.1 Å². The fourth-order valence-electron chi connectivity index (χ4n) is 1.57. The summed E-state index contributed by atoms with van der Waals surface area (Å²) in [5.41, 5.74) is 0. The lowest BCUT2D eigenvalue weighted by Gasteiger charge is -2.13. The molecular formula is C9H17N2O3+. The van der Waals surface area contributed by atoms with Crippen molar-refractivity contribution >= 4 is 11.9 Å². The molecule has 0 bridgehead atoms. The van der Waals surface area contributed by atoms with Gasteiger partial charge in [-0.15, -0.1) is 0 Å². The molecule has 1 aliphatic heterocycles. The lowest BCUT2D eigenvalue weighted by molar-refractivity contribution is -0.657. The first-order valence-electron chi connectivity index (χ1n) is 4.86. The van der Waals surface area contributed by atoms with E-state index in [0.29, 0.717) is 0 Å². The van der Waals surface area contributed by atoms with Gasteiger partial charge in [0.15, 0.2) is 6.04 Å². The maximum atomic E-state index is 11.5. The number of ether oxygens (including phenoxy) is 1. The van der Waals surface area contributed by atoms with Gasteiger partial charge < -0.3 is 15.4 Å². The Bertz CT molecular complexity index is 224. The smallest absolute Gasteiger partial charge is 0.328 e. The SMILES string of the molecule is COC(=O)[C@H](C)NC(=O)[C@@H]1CCC[NH2+]1. The molecule has 3 N–H and O–H groups in total.